The second-order valence-electron chi connectivity index (χ2n) is 5.74. The first-order valence-electron chi connectivity index (χ1n) is 7.68. The Morgan fingerprint density at radius 2 is 2.04 bits per heavy atom. The van der Waals surface area contributed by atoms with Crippen molar-refractivity contribution in [3.05, 3.63) is 54.0 Å². The number of nitrogens with one attached hydrogen (secondary N) is 2. The highest BCUT2D eigenvalue weighted by Crippen LogP contribution is 2.32. The molecule has 0 radical (unpaired) electrons. The van der Waals surface area contributed by atoms with E-state index in [9.17, 15) is 10.2 Å². The number of aromatic amines is 1. The molecule has 4 rings (SSSR count). The number of aliphatic hydroxyl groups excluding tert-OH is 1. The molecule has 0 bridgehead atoms. The van der Waals surface area contributed by atoms with Crippen LogP contribution in [-0.2, 0) is 0 Å². The molecule has 7 nitrogen and oxygen atoms in total. The first-order chi connectivity index (χ1) is 12.1. The predicted molar refractivity (Wildman–Crippen MR) is 95.4 cm³/mol. The monoisotopic (exact) mass is 336 g/mol. The van der Waals surface area contributed by atoms with Crippen LogP contribution in [0.25, 0.3) is 16.6 Å². The molecule has 1 aliphatic heterocycles. The number of phenolic OH excluding ortho intramolecular Hbond substituents is 1. The molecule has 126 valence electrons. The number of hydrogen-bond donors (Lipinski definition) is 4. The molecule has 7 heteroatoms. The molecule has 0 saturated carbocycles. The van der Waals surface area contributed by atoms with Crippen LogP contribution in [-0.4, -0.2) is 39.7 Å². The van der Waals surface area contributed by atoms with Crippen LogP contribution >= 0.6 is 0 Å². The van der Waals surface area contributed by atoms with Gasteiger partial charge >= 0.3 is 0 Å². The van der Waals surface area contributed by atoms with Crippen LogP contribution in [0.15, 0.2) is 48.2 Å². The third-order valence-electron chi connectivity index (χ3n) is 4.17. The maximum absolute atomic E-state index is 10.4. The van der Waals surface area contributed by atoms with Gasteiger partial charge in [-0.05, 0) is 24.3 Å². The Hall–Kier alpha value is -3.48. The van der Waals surface area contributed by atoms with Gasteiger partial charge < -0.3 is 24.8 Å². The zero-order chi connectivity index (χ0) is 17.6. The van der Waals surface area contributed by atoms with Crippen LogP contribution in [0.3, 0.4) is 0 Å². The lowest BCUT2D eigenvalue weighted by Crippen LogP contribution is -2.26. The van der Waals surface area contributed by atoms with E-state index in [2.05, 4.69) is 9.97 Å². The number of aromatic nitrogens is 2. The number of amidine groups is 1. The van der Waals surface area contributed by atoms with E-state index in [-0.39, 0.29) is 23.9 Å². The largest absolute Gasteiger partial charge is 0.509 e. The van der Waals surface area contributed by atoms with Gasteiger partial charge in [0.25, 0.3) is 0 Å². The van der Waals surface area contributed by atoms with Crippen LogP contribution in [0, 0.1) is 5.41 Å². The molecular weight excluding hydrogens is 320 g/mol. The maximum atomic E-state index is 10.4. The van der Waals surface area contributed by atoms with E-state index < -0.39 is 0 Å². The van der Waals surface area contributed by atoms with Crippen molar-refractivity contribution in [3.8, 4) is 11.5 Å². The van der Waals surface area contributed by atoms with Gasteiger partial charge in [-0.25, -0.2) is 4.98 Å². The molecule has 0 saturated heterocycles. The molecule has 0 aliphatic carbocycles. The number of rotatable bonds is 3. The number of aliphatic hydroxyl groups is 1. The van der Waals surface area contributed by atoms with Gasteiger partial charge in [0.05, 0.1) is 30.3 Å². The first-order valence-corrected chi connectivity index (χ1v) is 7.68. The summed E-state index contributed by atoms with van der Waals surface area (Å²) in [6.45, 7) is 0.151. The standard InChI is InChI=1S/C18H16N4O3/c1-25-12-5-6-13-14(8-12)21-18(20-13)16-15(24)9-22(17(16)19)10-3-2-4-11(23)7-10/h2-8,19,23-24H,9H2,1H3,(H,20,21). The maximum Gasteiger partial charge on any atom is 0.145 e. The minimum atomic E-state index is 0.0550. The van der Waals surface area contributed by atoms with Gasteiger partial charge in [0.2, 0.25) is 0 Å². The molecule has 3 aromatic rings. The van der Waals surface area contributed by atoms with Gasteiger partial charge in [-0.3, -0.25) is 5.41 Å². The Morgan fingerprint density at radius 1 is 1.20 bits per heavy atom. The Labute approximate surface area is 143 Å². The highest BCUT2D eigenvalue weighted by atomic mass is 16.5. The second-order valence-corrected chi connectivity index (χ2v) is 5.74. The number of H-pyrrole nitrogens is 1. The molecule has 0 fully saturated rings. The Morgan fingerprint density at radius 3 is 2.80 bits per heavy atom. The van der Waals surface area contributed by atoms with Crippen LogP contribution in [0.2, 0.25) is 0 Å². The highest BCUT2D eigenvalue weighted by molar-refractivity contribution is 6.30. The van der Waals surface area contributed by atoms with Gasteiger partial charge in [0, 0.05) is 17.8 Å². The van der Waals surface area contributed by atoms with Crippen molar-refractivity contribution in [3.63, 3.8) is 0 Å². The predicted octanol–water partition coefficient (Wildman–Crippen LogP) is 3.04. The molecule has 0 unspecified atom stereocenters. The second kappa shape index (κ2) is 5.55. The number of fused-ring (bicyclic) bond motifs is 1. The average molecular weight is 336 g/mol. The highest BCUT2D eigenvalue weighted by Gasteiger charge is 2.31. The van der Waals surface area contributed by atoms with Gasteiger partial charge in [0.1, 0.15) is 28.9 Å². The van der Waals surface area contributed by atoms with E-state index in [0.717, 1.165) is 11.0 Å². The fourth-order valence-electron chi connectivity index (χ4n) is 2.94. The number of nitrogens with zero attached hydrogens (tertiary/aromatic N) is 2. The number of hydrogen-bond acceptors (Lipinski definition) is 5. The van der Waals surface area contributed by atoms with Crippen LogP contribution < -0.4 is 9.64 Å². The molecule has 1 aromatic heterocycles. The normalized spacial score (nSPS) is 14.6. The lowest BCUT2D eigenvalue weighted by atomic mass is 10.2. The van der Waals surface area contributed by atoms with E-state index in [4.69, 9.17) is 10.1 Å². The van der Waals surface area contributed by atoms with E-state index in [1.54, 1.807) is 42.3 Å². The zero-order valence-electron chi connectivity index (χ0n) is 13.4. The van der Waals surface area contributed by atoms with Gasteiger partial charge in [0.15, 0.2) is 0 Å². The third kappa shape index (κ3) is 2.46. The van der Waals surface area contributed by atoms with Crippen LogP contribution in [0.5, 0.6) is 11.5 Å². The molecule has 2 heterocycles. The zero-order valence-corrected chi connectivity index (χ0v) is 13.4. The van der Waals surface area contributed by atoms with Crippen LogP contribution in [0.1, 0.15) is 5.82 Å². The number of benzene rings is 2. The van der Waals surface area contributed by atoms with Crippen molar-refractivity contribution in [1.82, 2.24) is 9.97 Å². The summed E-state index contributed by atoms with van der Waals surface area (Å²) < 4.78 is 5.20. The summed E-state index contributed by atoms with van der Waals surface area (Å²) in [7, 11) is 1.59. The Balaban J connectivity index is 1.73. The molecule has 25 heavy (non-hydrogen) atoms. The summed E-state index contributed by atoms with van der Waals surface area (Å²) >= 11 is 0. The summed E-state index contributed by atoms with van der Waals surface area (Å²) in [6.07, 6.45) is 0. The molecule has 0 spiro atoms. The van der Waals surface area contributed by atoms with E-state index in [0.29, 0.717) is 22.8 Å². The lowest BCUT2D eigenvalue weighted by molar-refractivity contribution is 0.411. The van der Waals surface area contributed by atoms with Crippen molar-refractivity contribution in [1.29, 1.82) is 5.41 Å². The molecule has 2 aromatic carbocycles. The van der Waals surface area contributed by atoms with Gasteiger partial charge in [-0.1, -0.05) is 6.07 Å². The Kier molecular flexibility index (Phi) is 3.35. The van der Waals surface area contributed by atoms with Crippen LogP contribution in [0.4, 0.5) is 5.69 Å². The molecular formula is C18H16N4O3. The fourth-order valence-corrected chi connectivity index (χ4v) is 2.94. The number of methoxy groups -OCH3 is 1. The summed E-state index contributed by atoms with van der Waals surface area (Å²) in [5.41, 5.74) is 2.46. The van der Waals surface area contributed by atoms with Gasteiger partial charge in [-0.15, -0.1) is 0 Å². The smallest absolute Gasteiger partial charge is 0.145 e. The summed E-state index contributed by atoms with van der Waals surface area (Å²) in [5.74, 6) is 1.40. The van der Waals surface area contributed by atoms with Crippen molar-refractivity contribution < 1.29 is 14.9 Å². The topological polar surface area (TPSA) is 105 Å². The number of aromatic hydroxyl groups is 1. The number of imidazole rings is 1. The quantitative estimate of drug-likeness (QED) is 0.588. The number of ether oxygens (including phenoxy) is 1. The SMILES string of the molecule is COc1ccc2nc(C3=C(O)CN(c4cccc(O)c4)C3=N)[nH]c2c1. The molecule has 0 amide bonds. The third-order valence-corrected chi connectivity index (χ3v) is 4.17. The lowest BCUT2D eigenvalue weighted by Gasteiger charge is -2.18. The summed E-state index contributed by atoms with van der Waals surface area (Å²) in [4.78, 5) is 9.21. The van der Waals surface area contributed by atoms with Crippen molar-refractivity contribution in [2.45, 2.75) is 0 Å². The minimum Gasteiger partial charge on any atom is -0.509 e. The van der Waals surface area contributed by atoms with E-state index in [1.165, 1.54) is 0 Å². The van der Waals surface area contributed by atoms with Crippen molar-refractivity contribution in [2.75, 3.05) is 18.6 Å². The number of anilines is 1. The first kappa shape index (κ1) is 15.1. The van der Waals surface area contributed by atoms with Crippen molar-refractivity contribution in [2.24, 2.45) is 0 Å². The fraction of sp³-hybridized carbons (Fsp3) is 0.111. The Bertz CT molecular complexity index is 1020. The summed E-state index contributed by atoms with van der Waals surface area (Å²) in [5, 5.41) is 28.5. The van der Waals surface area contributed by atoms with E-state index in [1.807, 2.05) is 12.1 Å². The molecule has 4 N–H and O–H groups in total. The number of phenols is 1. The van der Waals surface area contributed by atoms with E-state index >= 15 is 0 Å². The molecule has 0 atom stereocenters. The molecule has 1 aliphatic rings. The van der Waals surface area contributed by atoms with Crippen molar-refractivity contribution >= 4 is 28.1 Å². The van der Waals surface area contributed by atoms with Gasteiger partial charge in [-0.2, -0.15) is 0 Å². The average Bonchev–Trinajstić information content (AvgIpc) is 3.14. The minimum absolute atomic E-state index is 0.0550. The summed E-state index contributed by atoms with van der Waals surface area (Å²) in [6, 6.07) is 12.0.